The number of hydrogen-bond acceptors (Lipinski definition) is 2. The van der Waals surface area contributed by atoms with E-state index in [2.05, 4.69) is 4.98 Å². The minimum Gasteiger partial charge on any atom is -0.443 e. The predicted octanol–water partition coefficient (Wildman–Crippen LogP) is -0.692. The molecule has 0 aliphatic carbocycles. The van der Waals surface area contributed by atoms with Gasteiger partial charge in [-0.05, 0) is 12.1 Å². The first-order valence-electron chi connectivity index (χ1n) is 3.28. The van der Waals surface area contributed by atoms with Crippen molar-refractivity contribution in [3.63, 3.8) is 0 Å². The van der Waals surface area contributed by atoms with Crippen molar-refractivity contribution >= 4 is 24.3 Å². The Labute approximate surface area is 126 Å². The van der Waals surface area contributed by atoms with Crippen molar-refractivity contribution in [1.29, 1.82) is 0 Å². The van der Waals surface area contributed by atoms with E-state index in [4.69, 9.17) is 11.6 Å². The zero-order valence-corrected chi connectivity index (χ0v) is 11.1. The van der Waals surface area contributed by atoms with Crippen molar-refractivity contribution in [1.82, 2.24) is 4.98 Å². The third kappa shape index (κ3) is 4.00. The van der Waals surface area contributed by atoms with Crippen LogP contribution in [0.1, 0.15) is 10.5 Å². The zero-order chi connectivity index (χ0) is 10.1. The van der Waals surface area contributed by atoms with Crippen LogP contribution < -0.4 is 51.4 Å². The minimum atomic E-state index is -5.53. The Hall–Kier alpha value is 0.601. The van der Waals surface area contributed by atoms with Crippen molar-refractivity contribution in [2.75, 3.05) is 0 Å². The number of rotatable bonds is 2. The summed E-state index contributed by atoms with van der Waals surface area (Å²) in [4.78, 5) is 13.9. The molecule has 0 amide bonds. The Kier molecular flexibility index (Phi) is 5.86. The average Bonchev–Trinajstić information content (AvgIpc) is 2.01. The van der Waals surface area contributed by atoms with Crippen LogP contribution in [0.4, 0.5) is 12.9 Å². The fourth-order valence-corrected chi connectivity index (χ4v) is 0.877. The van der Waals surface area contributed by atoms with Gasteiger partial charge in [0.1, 0.15) is 10.8 Å². The third-order valence-corrected chi connectivity index (χ3v) is 1.48. The molecule has 0 aliphatic rings. The summed E-state index contributed by atoms with van der Waals surface area (Å²) in [7, 11) is 0. The molecule has 1 aromatic heterocycles. The van der Waals surface area contributed by atoms with E-state index in [1.807, 2.05) is 0 Å². The molecule has 0 saturated carbocycles. The number of pyridine rings is 1. The number of hydrogen-bond donors (Lipinski definition) is 0. The van der Waals surface area contributed by atoms with E-state index >= 15 is 0 Å². The van der Waals surface area contributed by atoms with E-state index in [1.54, 1.807) is 0 Å². The van der Waals surface area contributed by atoms with Gasteiger partial charge in [0.05, 0.1) is 5.69 Å². The molecule has 1 aromatic rings. The molecule has 1 heterocycles. The average molecular weight is 247 g/mol. The van der Waals surface area contributed by atoms with Crippen LogP contribution >= 0.6 is 11.6 Å². The van der Waals surface area contributed by atoms with Gasteiger partial charge < -0.3 is 17.7 Å². The van der Waals surface area contributed by atoms with Gasteiger partial charge in [-0.25, -0.2) is 4.98 Å². The second-order valence-corrected chi connectivity index (χ2v) is 2.67. The van der Waals surface area contributed by atoms with Crippen LogP contribution in [0.25, 0.3) is 0 Å². The van der Waals surface area contributed by atoms with Crippen LogP contribution in [0.3, 0.4) is 0 Å². The van der Waals surface area contributed by atoms with E-state index in [9.17, 15) is 17.7 Å². The summed E-state index contributed by atoms with van der Waals surface area (Å²) in [5, 5.41) is -0.133. The van der Waals surface area contributed by atoms with Crippen LogP contribution in [0.2, 0.25) is 5.15 Å². The quantitative estimate of drug-likeness (QED) is 0.511. The van der Waals surface area contributed by atoms with Crippen molar-refractivity contribution in [2.45, 2.75) is 0 Å². The molecular formula is C6H3BClF3KNO. The fraction of sp³-hybridized carbons (Fsp3) is 0. The number of carbonyl (C=O) groups is 1. The molecule has 14 heavy (non-hydrogen) atoms. The Balaban J connectivity index is 0.00000169. The van der Waals surface area contributed by atoms with E-state index in [0.717, 1.165) is 6.07 Å². The first-order valence-corrected chi connectivity index (χ1v) is 3.66. The van der Waals surface area contributed by atoms with Gasteiger partial charge in [0.25, 0.3) is 0 Å². The van der Waals surface area contributed by atoms with Crippen LogP contribution in [-0.2, 0) is 0 Å². The second kappa shape index (κ2) is 5.62. The summed E-state index contributed by atoms with van der Waals surface area (Å²) < 4.78 is 35.7. The molecule has 2 nitrogen and oxygen atoms in total. The maximum Gasteiger partial charge on any atom is 1.00 e. The summed E-state index contributed by atoms with van der Waals surface area (Å²) in [6.45, 7) is -5.53. The maximum absolute atomic E-state index is 11.9. The standard InChI is InChI=1S/C6H3BClF3NO.K/c8-5-3-1-2-4(12-5)6(13)7(9,10)11;/h1-3H;/q-1;+1. The molecular weight excluding hydrogens is 244 g/mol. The van der Waals surface area contributed by atoms with Gasteiger partial charge in [-0.2, -0.15) is 0 Å². The zero-order valence-electron chi connectivity index (χ0n) is 7.18. The van der Waals surface area contributed by atoms with Gasteiger partial charge in [-0.15, -0.1) is 0 Å². The molecule has 0 fully saturated rings. The molecule has 0 aromatic carbocycles. The predicted molar refractivity (Wildman–Crippen MR) is 42.7 cm³/mol. The summed E-state index contributed by atoms with van der Waals surface area (Å²) in [6.07, 6.45) is 0. The molecule has 1 rings (SSSR count). The van der Waals surface area contributed by atoms with E-state index in [0.29, 0.717) is 0 Å². The molecule has 0 atom stereocenters. The van der Waals surface area contributed by atoms with Crippen LogP contribution in [0.15, 0.2) is 18.2 Å². The van der Waals surface area contributed by atoms with Crippen LogP contribution in [0, 0.1) is 0 Å². The maximum atomic E-state index is 11.9. The largest absolute Gasteiger partial charge is 1.00 e. The molecule has 0 N–H and O–H groups in total. The first kappa shape index (κ1) is 14.6. The molecule has 8 heteroatoms. The number of carbonyl (C=O) groups excluding carboxylic acids is 1. The Morgan fingerprint density at radius 1 is 1.36 bits per heavy atom. The summed E-state index contributed by atoms with van der Waals surface area (Å²) >= 11 is 5.32. The monoisotopic (exact) mass is 247 g/mol. The summed E-state index contributed by atoms with van der Waals surface area (Å²) in [6, 6.07) is 3.51. The van der Waals surface area contributed by atoms with Gasteiger partial charge in [0.15, 0.2) is 0 Å². The topological polar surface area (TPSA) is 30.0 Å². The number of nitrogens with zero attached hydrogens (tertiary/aromatic N) is 1. The van der Waals surface area contributed by atoms with Crippen molar-refractivity contribution in [2.24, 2.45) is 0 Å². The molecule has 0 bridgehead atoms. The van der Waals surface area contributed by atoms with Gasteiger partial charge >= 0.3 is 58.4 Å². The fourth-order valence-electron chi connectivity index (χ4n) is 0.713. The molecule has 0 saturated heterocycles. The Bertz CT molecular complexity index is 346. The second-order valence-electron chi connectivity index (χ2n) is 2.28. The van der Waals surface area contributed by atoms with E-state index in [1.165, 1.54) is 12.1 Å². The van der Waals surface area contributed by atoms with Gasteiger partial charge in [0.2, 0.25) is 0 Å². The van der Waals surface area contributed by atoms with Gasteiger partial charge in [-0.1, -0.05) is 17.7 Å². The molecule has 70 valence electrons. The smallest absolute Gasteiger partial charge is 0.443 e. The van der Waals surface area contributed by atoms with Crippen molar-refractivity contribution in [3.05, 3.63) is 29.0 Å². The van der Waals surface area contributed by atoms with Gasteiger partial charge in [0, 0.05) is 0 Å². The SMILES string of the molecule is O=C(c1cccc(Cl)n1)[B-](F)(F)F.[K+]. The van der Waals surface area contributed by atoms with Crippen LogP contribution in [-0.4, -0.2) is 17.6 Å². The summed E-state index contributed by atoms with van der Waals surface area (Å²) in [5.74, 6) is 0. The first-order chi connectivity index (χ1) is 5.91. The van der Waals surface area contributed by atoms with Gasteiger partial charge in [-0.3, -0.25) is 0 Å². The van der Waals surface area contributed by atoms with Crippen molar-refractivity contribution < 1.29 is 69.1 Å². The molecule has 0 unspecified atom stereocenters. The molecule has 0 spiro atoms. The van der Waals surface area contributed by atoms with Crippen LogP contribution in [0.5, 0.6) is 0 Å². The normalized spacial score (nSPS) is 10.6. The number of aromatic nitrogens is 1. The minimum absolute atomic E-state index is 0. The third-order valence-electron chi connectivity index (χ3n) is 1.26. The van der Waals surface area contributed by atoms with E-state index in [-0.39, 0.29) is 56.5 Å². The molecule has 0 radical (unpaired) electrons. The molecule has 0 aliphatic heterocycles. The van der Waals surface area contributed by atoms with Crippen molar-refractivity contribution in [3.8, 4) is 0 Å². The summed E-state index contributed by atoms with van der Waals surface area (Å²) in [5.41, 5.74) is -2.59. The Morgan fingerprint density at radius 3 is 2.36 bits per heavy atom. The Morgan fingerprint density at radius 2 is 1.93 bits per heavy atom. The van der Waals surface area contributed by atoms with E-state index < -0.39 is 18.4 Å². The number of halogens is 4.